The van der Waals surface area contributed by atoms with E-state index in [0.717, 1.165) is 25.7 Å². The second kappa shape index (κ2) is 15.9. The molecule has 0 heterocycles. The average Bonchev–Trinajstić information content (AvgIpc) is 2.61. The fourth-order valence-corrected chi connectivity index (χ4v) is 3.35. The first-order chi connectivity index (χ1) is 13.6. The summed E-state index contributed by atoms with van der Waals surface area (Å²) in [7, 11) is 0. The van der Waals surface area contributed by atoms with E-state index in [1.165, 1.54) is 35.4 Å². The van der Waals surface area contributed by atoms with Gasteiger partial charge in [-0.05, 0) is 53.4 Å². The molecule has 0 saturated heterocycles. The predicted molar refractivity (Wildman–Crippen MR) is 121 cm³/mol. The van der Waals surface area contributed by atoms with Crippen LogP contribution in [0.3, 0.4) is 0 Å². The van der Waals surface area contributed by atoms with E-state index >= 15 is 0 Å². The molecule has 0 fully saturated rings. The van der Waals surface area contributed by atoms with Crippen molar-refractivity contribution in [3.8, 4) is 0 Å². The second-order valence-electron chi connectivity index (χ2n) is 7.37. The van der Waals surface area contributed by atoms with E-state index in [-0.39, 0.29) is 18.2 Å². The smallest absolute Gasteiger partial charge is 0.327 e. The first kappa shape index (κ1) is 27.0. The molecule has 0 aromatic rings. The van der Waals surface area contributed by atoms with Crippen molar-refractivity contribution in [3.05, 3.63) is 34.9 Å². The molecule has 0 aromatic heterocycles. The summed E-state index contributed by atoms with van der Waals surface area (Å²) in [5.41, 5.74) is 4.03. The van der Waals surface area contributed by atoms with Crippen LogP contribution in [-0.4, -0.2) is 47.0 Å². The van der Waals surface area contributed by atoms with Crippen LogP contribution in [0, 0.1) is 0 Å². The van der Waals surface area contributed by atoms with Gasteiger partial charge >= 0.3 is 5.97 Å². The molecule has 0 unspecified atom stereocenters. The molecule has 1 atom stereocenters. The summed E-state index contributed by atoms with van der Waals surface area (Å²) in [5, 5.41) is 14.0. The Morgan fingerprint density at radius 1 is 0.931 bits per heavy atom. The van der Waals surface area contributed by atoms with Crippen LogP contribution in [0.2, 0.25) is 0 Å². The third kappa shape index (κ3) is 16.6. The first-order valence-corrected chi connectivity index (χ1v) is 11.1. The average molecular weight is 425 g/mol. The molecule has 0 radical (unpaired) electrons. The number of carboxylic acids is 1. The van der Waals surface area contributed by atoms with Crippen molar-refractivity contribution in [1.29, 1.82) is 0 Å². The molecule has 164 valence electrons. The molecule has 0 aliphatic heterocycles. The predicted octanol–water partition coefficient (Wildman–Crippen LogP) is 3.84. The van der Waals surface area contributed by atoms with Crippen molar-refractivity contribution in [3.63, 3.8) is 0 Å². The Kier molecular flexibility index (Phi) is 14.7. The highest BCUT2D eigenvalue weighted by molar-refractivity contribution is 7.99. The topological polar surface area (TPSA) is 95.5 Å². The summed E-state index contributed by atoms with van der Waals surface area (Å²) in [6.07, 6.45) is 10.8. The van der Waals surface area contributed by atoms with Gasteiger partial charge in [0, 0.05) is 18.4 Å². The number of allylic oxidation sites excluding steroid dienone is 5. The summed E-state index contributed by atoms with van der Waals surface area (Å²) in [6.45, 7) is 9.56. The van der Waals surface area contributed by atoms with Crippen molar-refractivity contribution in [2.45, 2.75) is 66.3 Å². The van der Waals surface area contributed by atoms with Gasteiger partial charge in [0.1, 0.15) is 6.04 Å². The van der Waals surface area contributed by atoms with E-state index in [9.17, 15) is 19.5 Å². The van der Waals surface area contributed by atoms with Gasteiger partial charge in [0.15, 0.2) is 0 Å². The minimum absolute atomic E-state index is 0.218. The van der Waals surface area contributed by atoms with E-state index in [1.807, 2.05) is 0 Å². The molecule has 2 amide bonds. The lowest BCUT2D eigenvalue weighted by Crippen LogP contribution is -2.46. The molecule has 29 heavy (non-hydrogen) atoms. The van der Waals surface area contributed by atoms with Gasteiger partial charge in [-0.1, -0.05) is 34.9 Å². The molecule has 0 aliphatic rings. The molecule has 0 spiro atoms. The van der Waals surface area contributed by atoms with E-state index < -0.39 is 17.9 Å². The zero-order valence-electron chi connectivity index (χ0n) is 18.3. The lowest BCUT2D eigenvalue weighted by atomic mass is 10.1. The van der Waals surface area contributed by atoms with E-state index in [2.05, 4.69) is 56.6 Å². The summed E-state index contributed by atoms with van der Waals surface area (Å²) in [6, 6.07) is -0.971. The largest absolute Gasteiger partial charge is 0.480 e. The second-order valence-corrected chi connectivity index (χ2v) is 8.44. The minimum atomic E-state index is -1.08. The van der Waals surface area contributed by atoms with E-state index in [0.29, 0.717) is 5.75 Å². The number of hydrogen-bond acceptors (Lipinski definition) is 4. The molecule has 0 bridgehead atoms. The van der Waals surface area contributed by atoms with Crippen LogP contribution >= 0.6 is 11.8 Å². The maximum atomic E-state index is 11.7. The van der Waals surface area contributed by atoms with Crippen LogP contribution < -0.4 is 10.6 Å². The molecule has 0 rings (SSSR count). The Morgan fingerprint density at radius 2 is 1.52 bits per heavy atom. The van der Waals surface area contributed by atoms with Crippen molar-refractivity contribution in [2.75, 3.05) is 18.1 Å². The number of carbonyl (C=O) groups excluding carboxylic acids is 2. The molecular formula is C22H36N2O4S. The minimum Gasteiger partial charge on any atom is -0.480 e. The SMILES string of the molecule is CC(=O)NCC(=O)N[C@@H](CSC/C=C(\C)CC/C=C(\C)CCC=C(C)C)C(=O)O. The Labute approximate surface area is 179 Å². The number of carboxylic acid groups (broad SMARTS) is 1. The van der Waals surface area contributed by atoms with Crippen LogP contribution in [0.25, 0.3) is 0 Å². The summed E-state index contributed by atoms with van der Waals surface area (Å²) in [4.78, 5) is 33.7. The number of nitrogens with one attached hydrogen (secondary N) is 2. The van der Waals surface area contributed by atoms with Gasteiger partial charge in [0.25, 0.3) is 0 Å². The number of aliphatic carboxylic acids is 1. The van der Waals surface area contributed by atoms with Gasteiger partial charge in [-0.3, -0.25) is 9.59 Å². The lowest BCUT2D eigenvalue weighted by molar-refractivity contribution is -0.141. The van der Waals surface area contributed by atoms with Gasteiger partial charge in [0.05, 0.1) is 6.54 Å². The van der Waals surface area contributed by atoms with Gasteiger partial charge in [0.2, 0.25) is 11.8 Å². The Morgan fingerprint density at radius 3 is 2.07 bits per heavy atom. The normalized spacial score (nSPS) is 12.9. The van der Waals surface area contributed by atoms with E-state index in [1.54, 1.807) is 0 Å². The molecule has 0 aromatic carbocycles. The van der Waals surface area contributed by atoms with Crippen molar-refractivity contribution >= 4 is 29.5 Å². The molecular weight excluding hydrogens is 388 g/mol. The number of thioether (sulfide) groups is 1. The van der Waals surface area contributed by atoms with Crippen LogP contribution in [0.5, 0.6) is 0 Å². The monoisotopic (exact) mass is 424 g/mol. The molecule has 0 saturated carbocycles. The van der Waals surface area contributed by atoms with Crippen LogP contribution in [0.15, 0.2) is 34.9 Å². The number of carbonyl (C=O) groups is 3. The van der Waals surface area contributed by atoms with Crippen LogP contribution in [-0.2, 0) is 14.4 Å². The fourth-order valence-electron chi connectivity index (χ4n) is 2.35. The third-order valence-corrected chi connectivity index (χ3v) is 5.06. The zero-order chi connectivity index (χ0) is 22.2. The summed E-state index contributed by atoms with van der Waals surface area (Å²) in [5.74, 6) is -0.955. The van der Waals surface area contributed by atoms with E-state index in [4.69, 9.17) is 0 Å². The third-order valence-electron chi connectivity index (χ3n) is 4.09. The highest BCUT2D eigenvalue weighted by Crippen LogP contribution is 2.13. The van der Waals surface area contributed by atoms with Gasteiger partial charge in [-0.2, -0.15) is 11.8 Å². The summed E-state index contributed by atoms with van der Waals surface area (Å²) < 4.78 is 0. The van der Waals surface area contributed by atoms with Gasteiger partial charge < -0.3 is 15.7 Å². The lowest BCUT2D eigenvalue weighted by Gasteiger charge is -2.14. The van der Waals surface area contributed by atoms with Crippen LogP contribution in [0.4, 0.5) is 0 Å². The van der Waals surface area contributed by atoms with Gasteiger partial charge in [-0.15, -0.1) is 0 Å². The van der Waals surface area contributed by atoms with Crippen molar-refractivity contribution in [1.82, 2.24) is 10.6 Å². The maximum Gasteiger partial charge on any atom is 0.327 e. The fraction of sp³-hybridized carbons (Fsp3) is 0.591. The number of hydrogen-bond donors (Lipinski definition) is 3. The first-order valence-electron chi connectivity index (χ1n) is 9.90. The Balaban J connectivity index is 4.20. The molecule has 0 aliphatic carbocycles. The highest BCUT2D eigenvalue weighted by atomic mass is 32.2. The quantitative estimate of drug-likeness (QED) is 0.291. The Bertz CT molecular complexity index is 635. The molecule has 3 N–H and O–H groups in total. The van der Waals surface area contributed by atoms with Crippen molar-refractivity contribution in [2.24, 2.45) is 0 Å². The summed E-state index contributed by atoms with van der Waals surface area (Å²) >= 11 is 1.46. The van der Waals surface area contributed by atoms with Crippen LogP contribution in [0.1, 0.15) is 60.3 Å². The highest BCUT2D eigenvalue weighted by Gasteiger charge is 2.19. The standard InChI is InChI=1S/C22H36N2O4S/c1-16(2)8-6-9-17(3)10-7-11-18(4)12-13-29-15-20(22(27)28)24-21(26)14-23-19(5)25/h8,10,12,20H,6-7,9,11,13-15H2,1-5H3,(H,23,25)(H,24,26)(H,27,28)/b17-10+,18-12+/t20-/m0/s1. The Hall–Kier alpha value is -2.02. The van der Waals surface area contributed by atoms with Gasteiger partial charge in [-0.25, -0.2) is 4.79 Å². The zero-order valence-corrected chi connectivity index (χ0v) is 19.2. The number of amides is 2. The van der Waals surface area contributed by atoms with Crippen molar-refractivity contribution < 1.29 is 19.5 Å². The molecule has 7 heteroatoms. The maximum absolute atomic E-state index is 11.7. The molecule has 6 nitrogen and oxygen atoms in total. The number of rotatable bonds is 14.